The molecule has 3 N–H and O–H groups in total. The quantitative estimate of drug-likeness (QED) is 0.393. The molecule has 33 heavy (non-hydrogen) atoms. The summed E-state index contributed by atoms with van der Waals surface area (Å²) in [5.41, 5.74) is 4.92. The van der Waals surface area contributed by atoms with Gasteiger partial charge in [0.15, 0.2) is 14.6 Å². The van der Waals surface area contributed by atoms with E-state index in [4.69, 9.17) is 9.94 Å². The van der Waals surface area contributed by atoms with Gasteiger partial charge in [-0.05, 0) is 49.1 Å². The fourth-order valence-electron chi connectivity index (χ4n) is 3.81. The third-order valence-electron chi connectivity index (χ3n) is 5.89. The van der Waals surface area contributed by atoms with Crippen LogP contribution < -0.4 is 10.4 Å². The molecule has 1 aliphatic heterocycles. The predicted octanol–water partition coefficient (Wildman–Crippen LogP) is 2.30. The minimum absolute atomic E-state index is 0.0655. The number of amides is 2. The molecule has 3 unspecified atom stereocenters. The van der Waals surface area contributed by atoms with E-state index in [1.54, 1.807) is 19.1 Å². The van der Waals surface area contributed by atoms with Crippen molar-refractivity contribution in [1.82, 2.24) is 5.48 Å². The first-order chi connectivity index (χ1) is 15.4. The number of aliphatic hydroxyl groups is 1. The Kier molecular flexibility index (Phi) is 7.11. The number of carbonyl (C=O) groups excluding carboxylic acids is 2. The van der Waals surface area contributed by atoms with Gasteiger partial charge in [0, 0.05) is 18.4 Å². The van der Waals surface area contributed by atoms with Crippen molar-refractivity contribution in [3.8, 4) is 11.1 Å². The van der Waals surface area contributed by atoms with E-state index in [2.05, 4.69) is 0 Å². The lowest BCUT2D eigenvalue weighted by Crippen LogP contribution is -2.51. The number of nitrogens with one attached hydrogen (secondary N) is 1. The van der Waals surface area contributed by atoms with Crippen molar-refractivity contribution in [3.05, 3.63) is 54.1 Å². The number of ether oxygens (including phenoxy) is 1. The zero-order chi connectivity index (χ0) is 24.4. The van der Waals surface area contributed by atoms with E-state index < -0.39 is 38.8 Å². The summed E-state index contributed by atoms with van der Waals surface area (Å²) in [7, 11) is -3.90. The van der Waals surface area contributed by atoms with Crippen LogP contribution in [0, 0.1) is 0 Å². The van der Waals surface area contributed by atoms with Crippen LogP contribution in [0.5, 0.6) is 0 Å². The topological polar surface area (TPSA) is 133 Å². The van der Waals surface area contributed by atoms with E-state index in [1.165, 1.54) is 17.3 Å². The monoisotopic (exact) mass is 476 g/mol. The molecule has 9 nitrogen and oxygen atoms in total. The first kappa shape index (κ1) is 24.7. The number of nitrogens with zero attached hydrogens (tertiary/aromatic N) is 1. The second-order valence-electron chi connectivity index (χ2n) is 8.56. The Bertz CT molecular complexity index is 1110. The van der Waals surface area contributed by atoms with Crippen LogP contribution in [0.25, 0.3) is 11.1 Å². The van der Waals surface area contributed by atoms with Crippen LogP contribution in [-0.4, -0.2) is 60.5 Å². The maximum absolute atomic E-state index is 12.4. The van der Waals surface area contributed by atoms with Gasteiger partial charge in [0.05, 0.1) is 12.6 Å². The molecule has 2 amide bonds. The average molecular weight is 477 g/mol. The summed E-state index contributed by atoms with van der Waals surface area (Å²) in [5, 5.41) is 18.5. The molecule has 3 atom stereocenters. The minimum Gasteiger partial charge on any atom is -0.444 e. The zero-order valence-corrected chi connectivity index (χ0v) is 19.5. The van der Waals surface area contributed by atoms with Gasteiger partial charge in [0.1, 0.15) is 6.10 Å². The van der Waals surface area contributed by atoms with Crippen molar-refractivity contribution in [2.45, 2.75) is 43.6 Å². The molecule has 0 spiro atoms. The first-order valence-corrected chi connectivity index (χ1v) is 12.3. The molecule has 2 aromatic rings. The molecular formula is C23H28N2O7S. The molecule has 1 heterocycles. The highest BCUT2D eigenvalue weighted by atomic mass is 32.2. The van der Waals surface area contributed by atoms with E-state index in [1.807, 2.05) is 36.4 Å². The molecule has 1 saturated heterocycles. The summed E-state index contributed by atoms with van der Waals surface area (Å²) in [6.07, 6.45) is -0.724. The molecule has 0 bridgehead atoms. The van der Waals surface area contributed by atoms with Crippen molar-refractivity contribution in [3.63, 3.8) is 0 Å². The number of cyclic esters (lactones) is 1. The second-order valence-corrected chi connectivity index (χ2v) is 11.0. The first-order valence-electron chi connectivity index (χ1n) is 10.4. The maximum Gasteiger partial charge on any atom is 0.414 e. The normalized spacial score (nSPS) is 19.0. The summed E-state index contributed by atoms with van der Waals surface area (Å²) < 4.78 is 27.7. The standard InChI is InChI=1S/C23H28N2O7S/c1-15(26)12-16-4-6-17(7-5-16)18-8-10-19(11-9-18)25-14-20(32-22(25)28)13-23(2,21(27)24-29)33(3,30)31/h4-11,15,20,26,29H,12-14H2,1-3H3,(H,24,27). The summed E-state index contributed by atoms with van der Waals surface area (Å²) in [4.78, 5) is 25.8. The number of aliphatic hydroxyl groups excluding tert-OH is 1. The maximum atomic E-state index is 12.4. The number of hydroxylamine groups is 1. The van der Waals surface area contributed by atoms with Crippen molar-refractivity contribution in [1.29, 1.82) is 0 Å². The molecule has 1 fully saturated rings. The molecule has 0 aliphatic carbocycles. The summed E-state index contributed by atoms with van der Waals surface area (Å²) in [6, 6.07) is 15.1. The molecule has 2 aromatic carbocycles. The number of anilines is 1. The molecule has 10 heteroatoms. The van der Waals surface area contributed by atoms with E-state index in [0.717, 1.165) is 22.9 Å². The van der Waals surface area contributed by atoms with E-state index in [0.29, 0.717) is 12.1 Å². The number of rotatable bonds is 8. The Morgan fingerprint density at radius 2 is 1.73 bits per heavy atom. The van der Waals surface area contributed by atoms with Crippen molar-refractivity contribution in [2.75, 3.05) is 17.7 Å². The lowest BCUT2D eigenvalue weighted by atomic mass is 10.0. The van der Waals surface area contributed by atoms with Gasteiger partial charge in [-0.1, -0.05) is 36.4 Å². The van der Waals surface area contributed by atoms with E-state index in [-0.39, 0.29) is 13.0 Å². The van der Waals surface area contributed by atoms with Crippen LogP contribution in [0.1, 0.15) is 25.8 Å². The largest absolute Gasteiger partial charge is 0.444 e. The van der Waals surface area contributed by atoms with Gasteiger partial charge in [-0.3, -0.25) is 14.9 Å². The van der Waals surface area contributed by atoms with Gasteiger partial charge in [-0.15, -0.1) is 0 Å². The van der Waals surface area contributed by atoms with Crippen molar-refractivity contribution in [2.24, 2.45) is 0 Å². The number of sulfone groups is 1. The molecule has 3 rings (SSSR count). The van der Waals surface area contributed by atoms with Gasteiger partial charge < -0.3 is 9.84 Å². The minimum atomic E-state index is -3.90. The molecule has 178 valence electrons. The van der Waals surface area contributed by atoms with Crippen LogP contribution in [0.3, 0.4) is 0 Å². The summed E-state index contributed by atoms with van der Waals surface area (Å²) >= 11 is 0. The van der Waals surface area contributed by atoms with Crippen LogP contribution in [0.2, 0.25) is 0 Å². The highest BCUT2D eigenvalue weighted by molar-refractivity contribution is 7.92. The second kappa shape index (κ2) is 9.50. The fourth-order valence-corrected chi connectivity index (χ4v) is 4.68. The molecule has 0 aromatic heterocycles. The molecule has 1 aliphatic rings. The lowest BCUT2D eigenvalue weighted by molar-refractivity contribution is -0.132. The Morgan fingerprint density at radius 3 is 2.21 bits per heavy atom. The molecular weight excluding hydrogens is 448 g/mol. The van der Waals surface area contributed by atoms with Gasteiger partial charge in [-0.2, -0.15) is 0 Å². The Morgan fingerprint density at radius 1 is 1.18 bits per heavy atom. The molecule has 0 saturated carbocycles. The highest BCUT2D eigenvalue weighted by Gasteiger charge is 2.48. The van der Waals surface area contributed by atoms with Gasteiger partial charge >= 0.3 is 6.09 Å². The number of hydrogen-bond acceptors (Lipinski definition) is 7. The average Bonchev–Trinajstić information content (AvgIpc) is 3.12. The van der Waals surface area contributed by atoms with Gasteiger partial charge in [0.25, 0.3) is 5.91 Å². The third-order valence-corrected chi connectivity index (χ3v) is 7.88. The number of carbonyl (C=O) groups is 2. The fraction of sp³-hybridized carbons (Fsp3) is 0.391. The van der Waals surface area contributed by atoms with Crippen molar-refractivity contribution < 1.29 is 33.1 Å². The SMILES string of the molecule is CC(O)Cc1ccc(-c2ccc(N3CC(CC(C)(C(=O)NO)S(C)(=O)=O)OC3=O)cc2)cc1. The lowest BCUT2D eigenvalue weighted by Gasteiger charge is -2.26. The highest BCUT2D eigenvalue weighted by Crippen LogP contribution is 2.31. The number of benzene rings is 2. The van der Waals surface area contributed by atoms with Gasteiger partial charge in [-0.25, -0.2) is 18.7 Å². The summed E-state index contributed by atoms with van der Waals surface area (Å²) in [6.45, 7) is 2.99. The Hall–Kier alpha value is -2.95. The van der Waals surface area contributed by atoms with Crippen LogP contribution in [0.4, 0.5) is 10.5 Å². The number of hydrogen-bond donors (Lipinski definition) is 3. The van der Waals surface area contributed by atoms with Crippen LogP contribution in [-0.2, 0) is 25.8 Å². The predicted molar refractivity (Wildman–Crippen MR) is 123 cm³/mol. The zero-order valence-electron chi connectivity index (χ0n) is 18.7. The van der Waals surface area contributed by atoms with Crippen molar-refractivity contribution >= 4 is 27.5 Å². The smallest absolute Gasteiger partial charge is 0.414 e. The van der Waals surface area contributed by atoms with Gasteiger partial charge in [0.2, 0.25) is 0 Å². The Labute approximate surface area is 192 Å². The van der Waals surface area contributed by atoms with Crippen LogP contribution >= 0.6 is 0 Å². The Balaban J connectivity index is 1.73. The summed E-state index contributed by atoms with van der Waals surface area (Å²) in [5.74, 6) is -1.08. The van der Waals surface area contributed by atoms with E-state index >= 15 is 0 Å². The van der Waals surface area contributed by atoms with E-state index in [9.17, 15) is 23.1 Å². The third kappa shape index (κ3) is 5.35. The molecule has 0 radical (unpaired) electrons. The van der Waals surface area contributed by atoms with Crippen LogP contribution in [0.15, 0.2) is 48.5 Å².